The predicted octanol–water partition coefficient (Wildman–Crippen LogP) is 3.86. The molecule has 0 radical (unpaired) electrons. The summed E-state index contributed by atoms with van der Waals surface area (Å²) >= 11 is 17.0. The first kappa shape index (κ1) is 27.7. The van der Waals surface area contributed by atoms with E-state index in [-0.39, 0.29) is 25.9 Å². The monoisotopic (exact) mass is 503 g/mol. The van der Waals surface area contributed by atoms with Gasteiger partial charge in [-0.1, -0.05) is 55.6 Å². The van der Waals surface area contributed by atoms with Crippen LogP contribution >= 0.6 is 34.8 Å². The van der Waals surface area contributed by atoms with Crippen LogP contribution in [0.4, 0.5) is 0 Å². The SMILES string of the molecule is CCCC(=O)O[C@H]1[C@@H](C(CC)C(=O)O)COC(OC(=N)C(Cl)(Cl)Cl)[C@@H]1OC(=O)CCC. The lowest BCUT2D eigenvalue weighted by Crippen LogP contribution is -2.58. The normalized spacial score (nSPS) is 24.7. The van der Waals surface area contributed by atoms with Gasteiger partial charge in [0.25, 0.3) is 3.79 Å². The van der Waals surface area contributed by atoms with Crippen LogP contribution in [0.2, 0.25) is 0 Å². The molecule has 178 valence electrons. The Morgan fingerprint density at radius 1 is 1.03 bits per heavy atom. The van der Waals surface area contributed by atoms with E-state index in [0.717, 1.165) is 0 Å². The molecule has 1 aliphatic heterocycles. The molecular formula is C19H28Cl3NO8. The van der Waals surface area contributed by atoms with Crippen LogP contribution in [0.3, 0.4) is 0 Å². The molecule has 1 fully saturated rings. The summed E-state index contributed by atoms with van der Waals surface area (Å²) in [5.74, 6) is -4.90. The minimum absolute atomic E-state index is 0.0571. The number of nitrogens with one attached hydrogen (secondary N) is 1. The number of aliphatic carboxylic acids is 1. The third-order valence-corrected chi connectivity index (χ3v) is 5.19. The maximum absolute atomic E-state index is 12.3. The fourth-order valence-electron chi connectivity index (χ4n) is 3.19. The standard InChI is InChI=1S/C19H28Cl3NO8/c1-4-7-12(24)29-14-11(10(6-3)16(26)27)9-28-17(31-18(23)19(20,21)22)15(14)30-13(25)8-5-2/h10-11,14-15,17,23H,4-9H2,1-3H3,(H,26,27)/t10?,11-,14+,15-,17?/m1/s1. The third-order valence-electron chi connectivity index (χ3n) is 4.68. The van der Waals surface area contributed by atoms with Gasteiger partial charge in [0, 0.05) is 18.8 Å². The van der Waals surface area contributed by atoms with Crippen LogP contribution in [-0.4, -0.2) is 57.8 Å². The Labute approximate surface area is 196 Å². The van der Waals surface area contributed by atoms with Crippen molar-refractivity contribution in [1.82, 2.24) is 0 Å². The van der Waals surface area contributed by atoms with E-state index in [2.05, 4.69) is 0 Å². The van der Waals surface area contributed by atoms with E-state index < -0.39 is 57.9 Å². The van der Waals surface area contributed by atoms with Crippen LogP contribution in [0.15, 0.2) is 0 Å². The van der Waals surface area contributed by atoms with Crippen molar-refractivity contribution in [3.63, 3.8) is 0 Å². The summed E-state index contributed by atoms with van der Waals surface area (Å²) in [6.45, 7) is 5.02. The van der Waals surface area contributed by atoms with Crippen molar-refractivity contribution in [2.24, 2.45) is 11.8 Å². The summed E-state index contributed by atoms with van der Waals surface area (Å²) in [6, 6.07) is 0. The Bertz CT molecular complexity index is 655. The summed E-state index contributed by atoms with van der Waals surface area (Å²) < 4.78 is 19.7. The van der Waals surface area contributed by atoms with Gasteiger partial charge in [-0.3, -0.25) is 19.8 Å². The fourth-order valence-corrected chi connectivity index (χ4v) is 3.32. The van der Waals surface area contributed by atoms with Crippen LogP contribution in [0.25, 0.3) is 0 Å². The zero-order valence-corrected chi connectivity index (χ0v) is 19.8. The first-order valence-corrected chi connectivity index (χ1v) is 11.1. The average Bonchev–Trinajstić information content (AvgIpc) is 2.65. The molecule has 1 heterocycles. The largest absolute Gasteiger partial charge is 0.481 e. The maximum Gasteiger partial charge on any atom is 0.306 e. The number of halogens is 3. The van der Waals surface area contributed by atoms with Crippen LogP contribution in [0.1, 0.15) is 52.9 Å². The van der Waals surface area contributed by atoms with Gasteiger partial charge in [0.15, 0.2) is 6.10 Å². The molecule has 1 saturated heterocycles. The van der Waals surface area contributed by atoms with Gasteiger partial charge in [0.05, 0.1) is 12.5 Å². The van der Waals surface area contributed by atoms with Crippen LogP contribution in [-0.2, 0) is 33.3 Å². The Morgan fingerprint density at radius 2 is 1.55 bits per heavy atom. The van der Waals surface area contributed by atoms with Gasteiger partial charge in [0.2, 0.25) is 18.3 Å². The van der Waals surface area contributed by atoms with Crippen LogP contribution in [0, 0.1) is 17.2 Å². The fraction of sp³-hybridized carbons (Fsp3) is 0.789. The quantitative estimate of drug-likeness (QED) is 0.198. The van der Waals surface area contributed by atoms with Crippen molar-refractivity contribution in [2.45, 2.75) is 75.2 Å². The smallest absolute Gasteiger partial charge is 0.306 e. The van der Waals surface area contributed by atoms with Gasteiger partial charge >= 0.3 is 17.9 Å². The molecular weight excluding hydrogens is 477 g/mol. The van der Waals surface area contributed by atoms with Gasteiger partial charge in [-0.25, -0.2) is 0 Å². The van der Waals surface area contributed by atoms with Crippen molar-refractivity contribution in [3.05, 3.63) is 0 Å². The van der Waals surface area contributed by atoms with E-state index >= 15 is 0 Å². The predicted molar refractivity (Wildman–Crippen MR) is 113 cm³/mol. The van der Waals surface area contributed by atoms with E-state index in [0.29, 0.717) is 12.8 Å². The van der Waals surface area contributed by atoms with E-state index in [1.54, 1.807) is 20.8 Å². The lowest BCUT2D eigenvalue weighted by Gasteiger charge is -2.43. The molecule has 12 heteroatoms. The average molecular weight is 505 g/mol. The minimum Gasteiger partial charge on any atom is -0.481 e. The lowest BCUT2D eigenvalue weighted by atomic mass is 9.82. The molecule has 1 rings (SSSR count). The van der Waals surface area contributed by atoms with Crippen molar-refractivity contribution in [3.8, 4) is 0 Å². The molecule has 9 nitrogen and oxygen atoms in total. The van der Waals surface area contributed by atoms with Gasteiger partial charge in [-0.2, -0.15) is 0 Å². The van der Waals surface area contributed by atoms with E-state index in [1.165, 1.54) is 0 Å². The maximum atomic E-state index is 12.3. The number of rotatable bonds is 10. The summed E-state index contributed by atoms with van der Waals surface area (Å²) in [6.07, 6.45) is -2.65. The second kappa shape index (κ2) is 12.7. The number of hydrogen-bond donors (Lipinski definition) is 2. The molecule has 2 N–H and O–H groups in total. The second-order valence-electron chi connectivity index (χ2n) is 7.07. The molecule has 2 unspecified atom stereocenters. The van der Waals surface area contributed by atoms with E-state index in [1.807, 2.05) is 0 Å². The molecule has 31 heavy (non-hydrogen) atoms. The summed E-state index contributed by atoms with van der Waals surface area (Å²) in [7, 11) is 0. The first-order chi connectivity index (χ1) is 14.5. The molecule has 0 aliphatic carbocycles. The lowest BCUT2D eigenvalue weighted by molar-refractivity contribution is -0.256. The summed E-state index contributed by atoms with van der Waals surface area (Å²) in [5.41, 5.74) is 0. The van der Waals surface area contributed by atoms with Crippen molar-refractivity contribution in [1.29, 1.82) is 5.41 Å². The van der Waals surface area contributed by atoms with Gasteiger partial charge in [0.1, 0.15) is 0 Å². The zero-order valence-electron chi connectivity index (χ0n) is 17.6. The molecule has 0 saturated carbocycles. The summed E-state index contributed by atoms with van der Waals surface area (Å²) in [5, 5.41) is 17.4. The number of carboxylic acid groups (broad SMARTS) is 1. The zero-order chi connectivity index (χ0) is 23.8. The molecule has 0 amide bonds. The van der Waals surface area contributed by atoms with Crippen LogP contribution in [0.5, 0.6) is 0 Å². The van der Waals surface area contributed by atoms with Gasteiger partial charge < -0.3 is 24.1 Å². The van der Waals surface area contributed by atoms with Crippen molar-refractivity contribution in [2.75, 3.05) is 6.61 Å². The molecule has 0 aromatic heterocycles. The molecule has 0 aromatic carbocycles. The van der Waals surface area contributed by atoms with E-state index in [9.17, 15) is 19.5 Å². The Hall–Kier alpha value is -1.29. The highest BCUT2D eigenvalue weighted by Crippen LogP contribution is 2.36. The van der Waals surface area contributed by atoms with Crippen molar-refractivity contribution >= 4 is 58.6 Å². The molecule has 0 bridgehead atoms. The molecule has 5 atom stereocenters. The number of ether oxygens (including phenoxy) is 4. The second-order valence-corrected chi connectivity index (χ2v) is 9.35. The molecule has 1 aliphatic rings. The van der Waals surface area contributed by atoms with Gasteiger partial charge in [-0.05, 0) is 19.3 Å². The first-order valence-electron chi connectivity index (χ1n) is 10.0. The third kappa shape index (κ3) is 8.29. The molecule has 0 aromatic rings. The number of alkyl halides is 3. The minimum atomic E-state index is -2.21. The highest BCUT2D eigenvalue weighted by Gasteiger charge is 2.51. The Morgan fingerprint density at radius 3 is 1.97 bits per heavy atom. The highest BCUT2D eigenvalue weighted by atomic mass is 35.6. The number of carbonyl (C=O) groups is 3. The van der Waals surface area contributed by atoms with Gasteiger partial charge in [-0.15, -0.1) is 0 Å². The summed E-state index contributed by atoms with van der Waals surface area (Å²) in [4.78, 5) is 36.3. The number of carbonyl (C=O) groups excluding carboxylic acids is 2. The number of hydrogen-bond acceptors (Lipinski definition) is 8. The van der Waals surface area contributed by atoms with E-state index in [4.69, 9.17) is 59.2 Å². The van der Waals surface area contributed by atoms with Crippen LogP contribution < -0.4 is 0 Å². The topological polar surface area (TPSA) is 132 Å². The molecule has 0 spiro atoms. The Kier molecular flexibility index (Phi) is 11.3. The number of esters is 2. The van der Waals surface area contributed by atoms with Crippen molar-refractivity contribution < 1.29 is 38.4 Å². The Balaban J connectivity index is 3.32. The highest BCUT2D eigenvalue weighted by molar-refractivity contribution is 6.76. The number of carboxylic acids is 1.